The Balaban J connectivity index is 1.83. The SMILES string of the molecule is COc1cccc(OC[C@@H](O)CNC(=O)c2nn(C)c(C)c2Cl)c1. The van der Waals surface area contributed by atoms with E-state index in [-0.39, 0.29) is 18.8 Å². The van der Waals surface area contributed by atoms with Gasteiger partial charge in [0.2, 0.25) is 0 Å². The number of halogens is 1. The van der Waals surface area contributed by atoms with Gasteiger partial charge in [-0.1, -0.05) is 17.7 Å². The Bertz CT molecular complexity index is 717. The van der Waals surface area contributed by atoms with Crippen molar-refractivity contribution in [1.29, 1.82) is 0 Å². The van der Waals surface area contributed by atoms with E-state index in [2.05, 4.69) is 10.4 Å². The third kappa shape index (κ3) is 4.39. The van der Waals surface area contributed by atoms with Crippen LogP contribution in [0.3, 0.4) is 0 Å². The molecule has 0 unspecified atom stereocenters. The van der Waals surface area contributed by atoms with Crippen LogP contribution >= 0.6 is 11.6 Å². The number of hydrogen-bond donors (Lipinski definition) is 2. The molecule has 2 N–H and O–H groups in total. The number of hydrogen-bond acceptors (Lipinski definition) is 5. The molecule has 2 rings (SSSR count). The van der Waals surface area contributed by atoms with Crippen molar-refractivity contribution >= 4 is 17.5 Å². The molecule has 0 aliphatic carbocycles. The Labute approximate surface area is 145 Å². The molecule has 1 aromatic carbocycles. The lowest BCUT2D eigenvalue weighted by Crippen LogP contribution is -2.35. The molecule has 1 amide bonds. The maximum atomic E-state index is 12.1. The highest BCUT2D eigenvalue weighted by atomic mass is 35.5. The molecular formula is C16H20ClN3O4. The number of aromatic nitrogens is 2. The number of rotatable bonds is 7. The van der Waals surface area contributed by atoms with Crippen LogP contribution in [0.1, 0.15) is 16.2 Å². The number of nitrogens with zero attached hydrogens (tertiary/aromatic N) is 2. The number of carbonyl (C=O) groups is 1. The smallest absolute Gasteiger partial charge is 0.273 e. The Morgan fingerprint density at radius 2 is 2.17 bits per heavy atom. The summed E-state index contributed by atoms with van der Waals surface area (Å²) in [5.74, 6) is 0.794. The number of benzene rings is 1. The van der Waals surface area contributed by atoms with E-state index in [1.165, 1.54) is 4.68 Å². The lowest BCUT2D eigenvalue weighted by atomic mass is 10.3. The molecule has 0 aliphatic heterocycles. The number of aliphatic hydroxyl groups is 1. The van der Waals surface area contributed by atoms with Gasteiger partial charge in [-0.15, -0.1) is 0 Å². The normalized spacial score (nSPS) is 11.9. The second-order valence-electron chi connectivity index (χ2n) is 5.23. The van der Waals surface area contributed by atoms with Gasteiger partial charge in [-0.3, -0.25) is 9.48 Å². The summed E-state index contributed by atoms with van der Waals surface area (Å²) in [6.45, 7) is 1.82. The summed E-state index contributed by atoms with van der Waals surface area (Å²) in [6.07, 6.45) is -0.872. The highest BCUT2D eigenvalue weighted by molar-refractivity contribution is 6.34. The van der Waals surface area contributed by atoms with Crippen molar-refractivity contribution in [3.63, 3.8) is 0 Å². The Morgan fingerprint density at radius 3 is 2.79 bits per heavy atom. The largest absolute Gasteiger partial charge is 0.497 e. The van der Waals surface area contributed by atoms with Gasteiger partial charge >= 0.3 is 0 Å². The van der Waals surface area contributed by atoms with E-state index in [9.17, 15) is 9.90 Å². The first-order valence-electron chi connectivity index (χ1n) is 7.34. The molecule has 0 saturated heterocycles. The van der Waals surface area contributed by atoms with Gasteiger partial charge < -0.3 is 19.9 Å². The zero-order chi connectivity index (χ0) is 17.7. The molecule has 8 heteroatoms. The number of aliphatic hydroxyl groups excluding tert-OH is 1. The van der Waals surface area contributed by atoms with Crippen LogP contribution in [-0.2, 0) is 7.05 Å². The minimum atomic E-state index is -0.872. The Hall–Kier alpha value is -2.25. The summed E-state index contributed by atoms with van der Waals surface area (Å²) in [5.41, 5.74) is 0.835. The van der Waals surface area contributed by atoms with E-state index < -0.39 is 12.0 Å². The second kappa shape index (κ2) is 8.03. The van der Waals surface area contributed by atoms with Crippen LogP contribution in [0.2, 0.25) is 5.02 Å². The van der Waals surface area contributed by atoms with Crippen LogP contribution in [0.5, 0.6) is 11.5 Å². The molecule has 0 bridgehead atoms. The van der Waals surface area contributed by atoms with Gasteiger partial charge in [-0.05, 0) is 19.1 Å². The molecule has 1 aromatic heterocycles. The van der Waals surface area contributed by atoms with E-state index in [1.54, 1.807) is 45.3 Å². The first-order chi connectivity index (χ1) is 11.4. The van der Waals surface area contributed by atoms with Crippen LogP contribution in [-0.4, -0.2) is 47.2 Å². The maximum Gasteiger partial charge on any atom is 0.273 e. The first kappa shape index (κ1) is 18.1. The number of carbonyl (C=O) groups excluding carboxylic acids is 1. The zero-order valence-electron chi connectivity index (χ0n) is 13.7. The third-order valence-electron chi connectivity index (χ3n) is 3.46. The second-order valence-corrected chi connectivity index (χ2v) is 5.60. The molecule has 0 fully saturated rings. The molecular weight excluding hydrogens is 334 g/mol. The van der Waals surface area contributed by atoms with Crippen molar-refractivity contribution in [1.82, 2.24) is 15.1 Å². The van der Waals surface area contributed by atoms with Crippen molar-refractivity contribution < 1.29 is 19.4 Å². The predicted octanol–water partition coefficient (Wildman–Crippen LogP) is 1.56. The quantitative estimate of drug-likeness (QED) is 0.789. The summed E-state index contributed by atoms with van der Waals surface area (Å²) in [7, 11) is 3.27. The van der Waals surface area contributed by atoms with Gasteiger partial charge in [-0.25, -0.2) is 0 Å². The molecule has 1 atom stereocenters. The fourth-order valence-corrected chi connectivity index (χ4v) is 2.21. The van der Waals surface area contributed by atoms with Crippen LogP contribution in [0.25, 0.3) is 0 Å². The van der Waals surface area contributed by atoms with Crippen LogP contribution < -0.4 is 14.8 Å². The van der Waals surface area contributed by atoms with Crippen molar-refractivity contribution in [3.05, 3.63) is 40.7 Å². The first-order valence-corrected chi connectivity index (χ1v) is 7.72. The van der Waals surface area contributed by atoms with E-state index in [4.69, 9.17) is 21.1 Å². The maximum absolute atomic E-state index is 12.1. The van der Waals surface area contributed by atoms with E-state index in [0.717, 1.165) is 0 Å². The standard InChI is InChI=1S/C16H20ClN3O4/c1-10-14(17)15(19-20(10)2)16(22)18-8-11(21)9-24-13-6-4-5-12(7-13)23-3/h4-7,11,21H,8-9H2,1-3H3,(H,18,22)/t11-/m0/s1. The molecule has 1 heterocycles. The molecule has 0 aliphatic rings. The number of ether oxygens (including phenoxy) is 2. The number of nitrogens with one attached hydrogen (secondary N) is 1. The molecule has 0 radical (unpaired) electrons. The van der Waals surface area contributed by atoms with Gasteiger partial charge in [-0.2, -0.15) is 5.10 Å². The molecule has 0 saturated carbocycles. The topological polar surface area (TPSA) is 85.6 Å². The van der Waals surface area contributed by atoms with Gasteiger partial charge in [0.15, 0.2) is 5.69 Å². The van der Waals surface area contributed by atoms with Gasteiger partial charge in [0, 0.05) is 19.7 Å². The molecule has 0 spiro atoms. The highest BCUT2D eigenvalue weighted by Crippen LogP contribution is 2.20. The third-order valence-corrected chi connectivity index (χ3v) is 3.91. The minimum absolute atomic E-state index is 0.0226. The van der Waals surface area contributed by atoms with E-state index >= 15 is 0 Å². The summed E-state index contributed by atoms with van der Waals surface area (Å²) >= 11 is 6.05. The van der Waals surface area contributed by atoms with Crippen molar-refractivity contribution in [3.8, 4) is 11.5 Å². The lowest BCUT2D eigenvalue weighted by molar-refractivity contribution is 0.0839. The molecule has 2 aromatic rings. The number of amides is 1. The number of aryl methyl sites for hydroxylation is 1. The van der Waals surface area contributed by atoms with E-state index in [0.29, 0.717) is 22.2 Å². The molecule has 130 valence electrons. The van der Waals surface area contributed by atoms with Crippen LogP contribution in [0.4, 0.5) is 0 Å². The van der Waals surface area contributed by atoms with Crippen molar-refractivity contribution in [2.75, 3.05) is 20.3 Å². The minimum Gasteiger partial charge on any atom is -0.497 e. The van der Waals surface area contributed by atoms with Crippen LogP contribution in [0, 0.1) is 6.92 Å². The summed E-state index contributed by atoms with van der Waals surface area (Å²) < 4.78 is 12.1. The van der Waals surface area contributed by atoms with Gasteiger partial charge in [0.25, 0.3) is 5.91 Å². The zero-order valence-corrected chi connectivity index (χ0v) is 14.5. The summed E-state index contributed by atoms with van der Waals surface area (Å²) in [6, 6.07) is 7.04. The molecule has 7 nitrogen and oxygen atoms in total. The fraction of sp³-hybridized carbons (Fsp3) is 0.375. The van der Waals surface area contributed by atoms with Gasteiger partial charge in [0.05, 0.1) is 17.8 Å². The lowest BCUT2D eigenvalue weighted by Gasteiger charge is -2.13. The summed E-state index contributed by atoms with van der Waals surface area (Å²) in [4.78, 5) is 12.1. The fourth-order valence-electron chi connectivity index (χ4n) is 1.96. The predicted molar refractivity (Wildman–Crippen MR) is 89.8 cm³/mol. The Morgan fingerprint density at radius 1 is 1.46 bits per heavy atom. The Kier molecular flexibility index (Phi) is 6.05. The van der Waals surface area contributed by atoms with Crippen molar-refractivity contribution in [2.24, 2.45) is 7.05 Å². The molecule has 24 heavy (non-hydrogen) atoms. The summed E-state index contributed by atoms with van der Waals surface area (Å²) in [5, 5.41) is 16.9. The average Bonchev–Trinajstić information content (AvgIpc) is 2.85. The van der Waals surface area contributed by atoms with Gasteiger partial charge in [0.1, 0.15) is 24.2 Å². The van der Waals surface area contributed by atoms with Crippen molar-refractivity contribution in [2.45, 2.75) is 13.0 Å². The average molecular weight is 354 g/mol. The monoisotopic (exact) mass is 353 g/mol. The highest BCUT2D eigenvalue weighted by Gasteiger charge is 2.18. The number of methoxy groups -OCH3 is 1. The van der Waals surface area contributed by atoms with E-state index in [1.807, 2.05) is 0 Å². The van der Waals surface area contributed by atoms with Crippen LogP contribution in [0.15, 0.2) is 24.3 Å².